The maximum atomic E-state index is 6.22. The molecule has 1 saturated carbocycles. The first-order chi connectivity index (χ1) is 25.5. The molecule has 0 unspecified atom stereocenters. The van der Waals surface area contributed by atoms with E-state index in [9.17, 15) is 0 Å². The van der Waals surface area contributed by atoms with Crippen molar-refractivity contribution in [3.8, 4) is 45.0 Å². The van der Waals surface area contributed by atoms with Gasteiger partial charge in [0.25, 0.3) is 0 Å². The van der Waals surface area contributed by atoms with Gasteiger partial charge in [-0.25, -0.2) is 9.97 Å². The number of hydrogen-bond donors (Lipinski definition) is 0. The highest BCUT2D eigenvalue weighted by Gasteiger charge is 2.35. The first kappa shape index (κ1) is 31.0. The van der Waals surface area contributed by atoms with Gasteiger partial charge in [-0.2, -0.15) is 0 Å². The summed E-state index contributed by atoms with van der Waals surface area (Å²) in [4.78, 5) is 10.3. The predicted octanol–water partition coefficient (Wildman–Crippen LogP) is 13.1. The smallest absolute Gasteiger partial charge is 0.160 e. The van der Waals surface area contributed by atoms with Crippen LogP contribution in [-0.4, -0.2) is 9.97 Å². The second kappa shape index (κ2) is 12.2. The van der Waals surface area contributed by atoms with Crippen LogP contribution in [-0.2, 0) is 5.41 Å². The number of fused-ring (bicyclic) bond motifs is 6. The molecule has 0 saturated heterocycles. The topological polar surface area (TPSA) is 38.9 Å². The monoisotopic (exact) mass is 672 g/mol. The van der Waals surface area contributed by atoms with Gasteiger partial charge in [-0.05, 0) is 95.2 Å². The molecule has 1 fully saturated rings. The lowest BCUT2D eigenvalue weighted by molar-refractivity contribution is 0.398. The summed E-state index contributed by atoms with van der Waals surface area (Å²) in [5, 5.41) is 2.54. The van der Waals surface area contributed by atoms with Crippen LogP contribution in [0.4, 0.5) is 0 Å². The van der Waals surface area contributed by atoms with E-state index in [2.05, 4.69) is 153 Å². The molecule has 3 heteroatoms. The van der Waals surface area contributed by atoms with E-state index in [0.717, 1.165) is 45.1 Å². The summed E-state index contributed by atoms with van der Waals surface area (Å²) in [6, 6.07) is 52.5. The molecule has 2 aliphatic carbocycles. The van der Waals surface area contributed by atoms with E-state index < -0.39 is 0 Å². The Morgan fingerprint density at radius 3 is 2.00 bits per heavy atom. The minimum Gasteiger partial charge on any atom is -0.456 e. The number of rotatable bonds is 5. The Kier molecular flexibility index (Phi) is 7.25. The van der Waals surface area contributed by atoms with Gasteiger partial charge in [-0.3, -0.25) is 0 Å². The van der Waals surface area contributed by atoms with Gasteiger partial charge in [0.1, 0.15) is 11.2 Å². The number of para-hydroxylation sites is 1. The zero-order valence-electron chi connectivity index (χ0n) is 29.6. The SMILES string of the molecule is CC1(C)c2ccccc2-c2ccc(-c3cc(-c4ccc(C5CCC(c6cccc7oc8ccccc8c67)CC5)cc4)nc(-c4ccccc4)n3)cc21. The minimum absolute atomic E-state index is 0.0734. The van der Waals surface area contributed by atoms with Crippen LogP contribution in [0.25, 0.3) is 67.0 Å². The Balaban J connectivity index is 0.945. The lowest BCUT2D eigenvalue weighted by atomic mass is 9.75. The molecular formula is C49H40N2O. The predicted molar refractivity (Wildman–Crippen MR) is 214 cm³/mol. The van der Waals surface area contributed by atoms with Crippen molar-refractivity contribution in [1.82, 2.24) is 9.97 Å². The Bertz CT molecular complexity index is 2610. The Labute approximate surface area is 305 Å². The van der Waals surface area contributed by atoms with Crippen LogP contribution < -0.4 is 0 Å². The number of furan rings is 1. The van der Waals surface area contributed by atoms with Crippen LogP contribution in [0.5, 0.6) is 0 Å². The number of aromatic nitrogens is 2. The molecule has 0 spiro atoms. The highest BCUT2D eigenvalue weighted by Crippen LogP contribution is 2.50. The molecule has 252 valence electrons. The van der Waals surface area contributed by atoms with Crippen molar-refractivity contribution >= 4 is 21.9 Å². The molecule has 2 aromatic heterocycles. The fourth-order valence-corrected chi connectivity index (χ4v) is 9.13. The Morgan fingerprint density at radius 1 is 0.519 bits per heavy atom. The van der Waals surface area contributed by atoms with Crippen LogP contribution in [0.1, 0.15) is 73.6 Å². The number of benzene rings is 6. The molecule has 6 aromatic carbocycles. The van der Waals surface area contributed by atoms with E-state index in [1.54, 1.807) is 0 Å². The summed E-state index contributed by atoms with van der Waals surface area (Å²) in [6.45, 7) is 4.66. The molecule has 0 amide bonds. The van der Waals surface area contributed by atoms with Crippen molar-refractivity contribution in [3.63, 3.8) is 0 Å². The second-order valence-electron chi connectivity index (χ2n) is 15.2. The normalized spacial score (nSPS) is 17.7. The van der Waals surface area contributed by atoms with E-state index in [4.69, 9.17) is 14.4 Å². The van der Waals surface area contributed by atoms with Crippen molar-refractivity contribution in [3.05, 3.63) is 168 Å². The first-order valence-electron chi connectivity index (χ1n) is 18.7. The molecule has 10 rings (SSSR count). The lowest BCUT2D eigenvalue weighted by Crippen LogP contribution is -2.14. The van der Waals surface area contributed by atoms with E-state index in [1.165, 1.54) is 69.8 Å². The standard InChI is InChI=1S/C49H40N2O/c1-49(2)41-16-8-6-13-38(41)39-28-27-36(29-42(39)49)44-30-43(50-48(51-44)35-11-4-3-5-12-35)34-25-21-32(22-26-34)31-19-23-33(24-20-31)37-15-10-18-46-47(37)40-14-7-9-17-45(40)52-46/h3-18,21-22,25-31,33H,19-20,23-24H2,1-2H3. The lowest BCUT2D eigenvalue weighted by Gasteiger charge is -2.29. The van der Waals surface area contributed by atoms with Gasteiger partial charge in [0.05, 0.1) is 11.4 Å². The van der Waals surface area contributed by atoms with Crippen molar-refractivity contribution in [2.75, 3.05) is 0 Å². The fourth-order valence-electron chi connectivity index (χ4n) is 9.13. The number of nitrogens with zero attached hydrogens (tertiary/aromatic N) is 2. The van der Waals surface area contributed by atoms with Crippen LogP contribution in [0.2, 0.25) is 0 Å². The summed E-state index contributed by atoms with van der Waals surface area (Å²) in [5.74, 6) is 1.86. The van der Waals surface area contributed by atoms with Crippen LogP contribution in [0.3, 0.4) is 0 Å². The largest absolute Gasteiger partial charge is 0.456 e. The van der Waals surface area contributed by atoms with Crippen molar-refractivity contribution in [1.29, 1.82) is 0 Å². The van der Waals surface area contributed by atoms with Gasteiger partial charge in [-0.1, -0.05) is 135 Å². The number of hydrogen-bond acceptors (Lipinski definition) is 3. The summed E-state index contributed by atoms with van der Waals surface area (Å²) < 4.78 is 6.22. The van der Waals surface area contributed by atoms with Crippen molar-refractivity contribution in [2.24, 2.45) is 0 Å². The molecule has 0 bridgehead atoms. The Hall–Kier alpha value is -5.80. The average Bonchev–Trinajstić information content (AvgIpc) is 3.70. The molecule has 52 heavy (non-hydrogen) atoms. The molecular weight excluding hydrogens is 633 g/mol. The third-order valence-electron chi connectivity index (χ3n) is 11.9. The van der Waals surface area contributed by atoms with Crippen LogP contribution >= 0.6 is 0 Å². The first-order valence-corrected chi connectivity index (χ1v) is 18.7. The molecule has 0 radical (unpaired) electrons. The van der Waals surface area contributed by atoms with Gasteiger partial charge in [0.2, 0.25) is 0 Å². The van der Waals surface area contributed by atoms with E-state index in [-0.39, 0.29) is 5.41 Å². The Morgan fingerprint density at radius 2 is 1.17 bits per heavy atom. The average molecular weight is 673 g/mol. The third kappa shape index (κ3) is 5.10. The van der Waals surface area contributed by atoms with Crippen molar-refractivity contribution < 1.29 is 4.42 Å². The molecule has 0 aliphatic heterocycles. The quantitative estimate of drug-likeness (QED) is 0.183. The summed E-state index contributed by atoms with van der Waals surface area (Å²) in [5.41, 5.74) is 15.3. The van der Waals surface area contributed by atoms with Gasteiger partial charge in [-0.15, -0.1) is 0 Å². The molecule has 8 aromatic rings. The van der Waals surface area contributed by atoms with Crippen LogP contribution in [0, 0.1) is 0 Å². The minimum atomic E-state index is -0.0734. The van der Waals surface area contributed by atoms with E-state index >= 15 is 0 Å². The molecule has 3 nitrogen and oxygen atoms in total. The molecule has 2 heterocycles. The summed E-state index contributed by atoms with van der Waals surface area (Å²) in [7, 11) is 0. The maximum Gasteiger partial charge on any atom is 0.160 e. The summed E-state index contributed by atoms with van der Waals surface area (Å²) in [6.07, 6.45) is 4.74. The zero-order chi connectivity index (χ0) is 34.8. The van der Waals surface area contributed by atoms with E-state index in [1.807, 2.05) is 6.07 Å². The fraction of sp³-hybridized carbons (Fsp3) is 0.184. The molecule has 0 atom stereocenters. The van der Waals surface area contributed by atoms with Gasteiger partial charge in [0, 0.05) is 32.9 Å². The highest BCUT2D eigenvalue weighted by molar-refractivity contribution is 6.06. The van der Waals surface area contributed by atoms with Gasteiger partial charge >= 0.3 is 0 Å². The summed E-state index contributed by atoms with van der Waals surface area (Å²) >= 11 is 0. The van der Waals surface area contributed by atoms with Crippen LogP contribution in [0.15, 0.2) is 150 Å². The van der Waals surface area contributed by atoms with Crippen molar-refractivity contribution in [2.45, 2.75) is 56.8 Å². The molecule has 2 aliphatic rings. The van der Waals surface area contributed by atoms with Gasteiger partial charge in [0.15, 0.2) is 5.82 Å². The van der Waals surface area contributed by atoms with Gasteiger partial charge < -0.3 is 4.42 Å². The third-order valence-corrected chi connectivity index (χ3v) is 11.9. The highest BCUT2D eigenvalue weighted by atomic mass is 16.3. The second-order valence-corrected chi connectivity index (χ2v) is 15.2. The van der Waals surface area contributed by atoms with E-state index in [0.29, 0.717) is 11.8 Å². The maximum absolute atomic E-state index is 6.22. The zero-order valence-corrected chi connectivity index (χ0v) is 29.6. The molecule has 0 N–H and O–H groups in total.